The average Bonchev–Trinajstić information content (AvgIpc) is 3.18. The molecule has 0 bridgehead atoms. The van der Waals surface area contributed by atoms with E-state index in [1.54, 1.807) is 18.2 Å². The Morgan fingerprint density at radius 3 is 2.63 bits per heavy atom. The molecule has 4 atom stereocenters. The number of carbonyl (C=O) groups is 2. The lowest BCUT2D eigenvalue weighted by molar-refractivity contribution is -0.122. The Kier molecular flexibility index (Phi) is 8.52. The summed E-state index contributed by atoms with van der Waals surface area (Å²) in [6, 6.07) is 10.4. The van der Waals surface area contributed by atoms with E-state index in [-0.39, 0.29) is 29.5 Å². The predicted molar refractivity (Wildman–Crippen MR) is 154 cm³/mol. The highest BCUT2D eigenvalue weighted by molar-refractivity contribution is 6.58. The largest absolute Gasteiger partial charge is 0.505 e. The molecule has 2 amide bonds. The number of fused-ring (bicyclic) bond motifs is 3. The van der Waals surface area contributed by atoms with Crippen molar-refractivity contribution < 1.29 is 38.8 Å². The number of imide groups is 1. The molecule has 0 aromatic heterocycles. The molecule has 2 aliphatic heterocycles. The summed E-state index contributed by atoms with van der Waals surface area (Å²) in [6.45, 7) is 4.01. The van der Waals surface area contributed by atoms with Gasteiger partial charge in [-0.3, -0.25) is 14.5 Å². The molecular weight excluding hydrogens is 527 g/mol. The number of rotatable bonds is 8. The molecule has 0 saturated carbocycles. The minimum Gasteiger partial charge on any atom is -0.505 e. The topological polar surface area (TPSA) is 128 Å². The molecule has 2 saturated heterocycles. The monoisotopic (exact) mass is 561 g/mol. The van der Waals surface area contributed by atoms with Gasteiger partial charge in [-0.2, -0.15) is 0 Å². The van der Waals surface area contributed by atoms with E-state index in [4.69, 9.17) is 4.65 Å². The van der Waals surface area contributed by atoms with E-state index >= 15 is 0 Å². The van der Waals surface area contributed by atoms with Crippen LogP contribution in [0.1, 0.15) is 51.5 Å². The zero-order chi connectivity index (χ0) is 29.4. The number of benzene rings is 2. The van der Waals surface area contributed by atoms with Gasteiger partial charge in [0.15, 0.2) is 11.6 Å². The lowest BCUT2D eigenvalue weighted by Crippen LogP contribution is -2.46. The molecule has 4 N–H and O–H groups in total. The number of phenols is 1. The molecular formula is C30H34B2FNO7. The zero-order valence-electron chi connectivity index (χ0n) is 23.2. The first-order valence-corrected chi connectivity index (χ1v) is 14.1. The fourth-order valence-corrected chi connectivity index (χ4v) is 6.75. The molecule has 2 aromatic carbocycles. The lowest BCUT2D eigenvalue weighted by atomic mass is 9.58. The summed E-state index contributed by atoms with van der Waals surface area (Å²) in [5, 5.41) is 39.4. The van der Waals surface area contributed by atoms with Crippen LogP contribution in [-0.4, -0.2) is 52.3 Å². The summed E-state index contributed by atoms with van der Waals surface area (Å²) < 4.78 is 19.9. The first-order valence-electron chi connectivity index (χ1n) is 14.1. The maximum absolute atomic E-state index is 13.9. The van der Waals surface area contributed by atoms with Gasteiger partial charge >= 0.3 is 14.2 Å². The van der Waals surface area contributed by atoms with E-state index in [1.807, 2.05) is 13.0 Å². The van der Waals surface area contributed by atoms with E-state index in [0.717, 1.165) is 34.5 Å². The fourth-order valence-electron chi connectivity index (χ4n) is 6.75. The van der Waals surface area contributed by atoms with Crippen LogP contribution >= 0.6 is 0 Å². The summed E-state index contributed by atoms with van der Waals surface area (Å²) in [5.74, 6) is -3.33. The molecule has 2 heterocycles. The fraction of sp³-hybridized carbons (Fsp3) is 0.400. The molecule has 11 heteroatoms. The van der Waals surface area contributed by atoms with E-state index in [1.165, 1.54) is 24.3 Å². The van der Waals surface area contributed by atoms with Crippen molar-refractivity contribution in [3.05, 3.63) is 70.6 Å². The summed E-state index contributed by atoms with van der Waals surface area (Å²) in [4.78, 5) is 28.5. The molecule has 2 aromatic rings. The molecule has 0 radical (unpaired) electrons. The summed E-state index contributed by atoms with van der Waals surface area (Å²) in [6.07, 6.45) is 4.93. The van der Waals surface area contributed by atoms with Crippen molar-refractivity contribution in [2.75, 3.05) is 4.90 Å². The van der Waals surface area contributed by atoms with Gasteiger partial charge < -0.3 is 24.8 Å². The van der Waals surface area contributed by atoms with Crippen LogP contribution in [0.5, 0.6) is 5.75 Å². The van der Waals surface area contributed by atoms with Crippen molar-refractivity contribution in [2.45, 2.75) is 58.4 Å². The van der Waals surface area contributed by atoms with E-state index in [0.29, 0.717) is 30.5 Å². The minimum atomic E-state index is -1.73. The predicted octanol–water partition coefficient (Wildman–Crippen LogP) is 3.20. The second kappa shape index (κ2) is 11.9. The SMILES string of the molecule is CCC/C(=C\c1ccc(O)c(F)c1)CC[C@H]1OB(O)C[C@H]2C1=C(C)C[C@H]1C(=O)N(c3cccc(B(O)O)c3)C(=O)[C@H]12. The van der Waals surface area contributed by atoms with Crippen LogP contribution in [0.3, 0.4) is 0 Å². The van der Waals surface area contributed by atoms with Gasteiger partial charge in [0.1, 0.15) is 0 Å². The number of allylic oxidation sites excluding steroid dienone is 2. The normalized spacial score (nSPS) is 24.6. The standard InChI is InChI=1S/C30H34B2FNO7/c1-3-5-18(13-19-8-10-25(35)24(33)14-19)9-11-26-27-17(2)12-22-28(23(27)16-31(38)41-26)30(37)34(29(22)36)21-7-4-6-20(15-21)32(39)40/h4,6-8,10,13-15,22-23,26,28,35,38-40H,3,5,9,11-12,16H2,1-2H3/b18-13+/t22-,23+,26-,28-/m1/s1. The third-order valence-corrected chi connectivity index (χ3v) is 8.52. The highest BCUT2D eigenvalue weighted by Crippen LogP contribution is 2.51. The van der Waals surface area contributed by atoms with Gasteiger partial charge in [0.2, 0.25) is 11.8 Å². The van der Waals surface area contributed by atoms with Crippen molar-refractivity contribution in [3.8, 4) is 5.75 Å². The lowest BCUT2D eigenvalue weighted by Gasteiger charge is -2.42. The van der Waals surface area contributed by atoms with Crippen LogP contribution in [0.15, 0.2) is 59.2 Å². The van der Waals surface area contributed by atoms with Crippen LogP contribution < -0.4 is 10.4 Å². The number of phenolic OH excluding ortho intramolecular Hbond substituents is 1. The first kappa shape index (κ1) is 29.3. The van der Waals surface area contributed by atoms with Crippen LogP contribution in [0.25, 0.3) is 6.08 Å². The Bertz CT molecular complexity index is 1410. The molecule has 5 rings (SSSR count). The van der Waals surface area contributed by atoms with Gasteiger partial charge in [0, 0.05) is 0 Å². The minimum absolute atomic E-state index is 0.181. The van der Waals surface area contributed by atoms with Crippen LogP contribution in [0.4, 0.5) is 10.1 Å². The number of amides is 2. The summed E-state index contributed by atoms with van der Waals surface area (Å²) >= 11 is 0. The smallest absolute Gasteiger partial charge is 0.488 e. The Hall–Kier alpha value is -3.24. The number of hydrogen-bond acceptors (Lipinski definition) is 7. The van der Waals surface area contributed by atoms with Gasteiger partial charge in [-0.05, 0) is 85.7 Å². The molecule has 8 nitrogen and oxygen atoms in total. The zero-order valence-corrected chi connectivity index (χ0v) is 23.2. The first-order chi connectivity index (χ1) is 19.6. The molecule has 0 unspecified atom stereocenters. The molecule has 3 aliphatic rings. The van der Waals surface area contributed by atoms with Crippen LogP contribution in [0.2, 0.25) is 6.32 Å². The van der Waals surface area contributed by atoms with Gasteiger partial charge in [-0.1, -0.05) is 48.8 Å². The Balaban J connectivity index is 1.39. The number of aromatic hydroxyl groups is 1. The number of hydrogen-bond donors (Lipinski definition) is 4. The highest BCUT2D eigenvalue weighted by atomic mass is 19.1. The highest BCUT2D eigenvalue weighted by Gasteiger charge is 2.57. The van der Waals surface area contributed by atoms with E-state index < -0.39 is 43.7 Å². The van der Waals surface area contributed by atoms with Crippen molar-refractivity contribution in [2.24, 2.45) is 17.8 Å². The van der Waals surface area contributed by atoms with E-state index in [9.17, 15) is 34.2 Å². The third kappa shape index (κ3) is 5.77. The van der Waals surface area contributed by atoms with Crippen molar-refractivity contribution in [1.82, 2.24) is 0 Å². The molecule has 0 spiro atoms. The Labute approximate surface area is 239 Å². The second-order valence-corrected chi connectivity index (χ2v) is 11.3. The van der Waals surface area contributed by atoms with Gasteiger partial charge in [0.05, 0.1) is 23.6 Å². The maximum Gasteiger partial charge on any atom is 0.488 e. The Morgan fingerprint density at radius 2 is 1.93 bits per heavy atom. The van der Waals surface area contributed by atoms with Crippen LogP contribution in [0, 0.1) is 23.6 Å². The average molecular weight is 561 g/mol. The maximum atomic E-state index is 13.9. The number of nitrogens with zero attached hydrogens (tertiary/aromatic N) is 1. The third-order valence-electron chi connectivity index (χ3n) is 8.52. The summed E-state index contributed by atoms with van der Waals surface area (Å²) in [5.41, 5.74) is 4.15. The molecule has 214 valence electrons. The summed E-state index contributed by atoms with van der Waals surface area (Å²) in [7, 11) is -2.82. The molecule has 1 aliphatic carbocycles. The van der Waals surface area contributed by atoms with Crippen molar-refractivity contribution >= 4 is 43.3 Å². The van der Waals surface area contributed by atoms with Crippen molar-refractivity contribution in [1.29, 1.82) is 0 Å². The number of halogens is 1. The van der Waals surface area contributed by atoms with Crippen molar-refractivity contribution in [3.63, 3.8) is 0 Å². The van der Waals surface area contributed by atoms with E-state index in [2.05, 4.69) is 6.92 Å². The Morgan fingerprint density at radius 1 is 1.15 bits per heavy atom. The molecule has 41 heavy (non-hydrogen) atoms. The number of carbonyl (C=O) groups excluding carboxylic acids is 2. The molecule has 2 fully saturated rings. The van der Waals surface area contributed by atoms with Gasteiger partial charge in [-0.25, -0.2) is 4.39 Å². The quantitative estimate of drug-likeness (QED) is 0.222. The van der Waals surface area contributed by atoms with Gasteiger partial charge in [-0.15, -0.1) is 0 Å². The van der Waals surface area contributed by atoms with Crippen LogP contribution in [-0.2, 0) is 14.2 Å². The van der Waals surface area contributed by atoms with Gasteiger partial charge in [0.25, 0.3) is 0 Å². The second-order valence-electron chi connectivity index (χ2n) is 11.3. The number of anilines is 1.